The van der Waals surface area contributed by atoms with Crippen LogP contribution in [0.1, 0.15) is 38.6 Å². The number of rotatable bonds is 6. The molecule has 2 rings (SSSR count). The molecule has 3 nitrogen and oxygen atoms in total. The van der Waals surface area contributed by atoms with E-state index in [9.17, 15) is 0 Å². The Balaban J connectivity index is 1.88. The molecule has 102 valence electrons. The maximum Gasteiger partial charge on any atom is 0.112 e. The lowest BCUT2D eigenvalue weighted by Crippen LogP contribution is -2.40. The van der Waals surface area contributed by atoms with E-state index >= 15 is 0 Å². The first kappa shape index (κ1) is 14.0. The van der Waals surface area contributed by atoms with Crippen LogP contribution in [0.5, 0.6) is 0 Å². The Bertz CT molecular complexity index is 348. The smallest absolute Gasteiger partial charge is 0.112 e. The molecule has 1 aliphatic heterocycles. The van der Waals surface area contributed by atoms with Gasteiger partial charge < -0.3 is 5.32 Å². The van der Waals surface area contributed by atoms with Gasteiger partial charge in [0.15, 0.2) is 0 Å². The van der Waals surface area contributed by atoms with Crippen LogP contribution in [0.4, 0.5) is 0 Å². The Morgan fingerprint density at radius 3 is 3.06 bits per heavy atom. The minimum absolute atomic E-state index is 0.0909. The molecule has 0 amide bonds. The minimum Gasteiger partial charge on any atom is -0.316 e. The fourth-order valence-corrected chi connectivity index (χ4v) is 3.44. The Morgan fingerprint density at radius 2 is 2.39 bits per heavy atom. The van der Waals surface area contributed by atoms with Crippen molar-refractivity contribution in [2.75, 3.05) is 26.2 Å². The van der Waals surface area contributed by atoms with Crippen LogP contribution in [0.2, 0.25) is 0 Å². The van der Waals surface area contributed by atoms with Crippen LogP contribution in [-0.4, -0.2) is 36.1 Å². The largest absolute Gasteiger partial charge is 0.316 e. The Labute approximate surface area is 115 Å². The van der Waals surface area contributed by atoms with Crippen LogP contribution in [-0.2, 0) is 5.54 Å². The Morgan fingerprint density at radius 1 is 1.56 bits per heavy atom. The molecule has 0 spiro atoms. The van der Waals surface area contributed by atoms with E-state index in [1.54, 1.807) is 11.3 Å². The van der Waals surface area contributed by atoms with E-state index in [1.807, 2.05) is 6.20 Å². The van der Waals surface area contributed by atoms with Gasteiger partial charge in [-0.25, -0.2) is 4.98 Å². The number of hydrogen-bond donors (Lipinski definition) is 1. The molecule has 2 heterocycles. The normalized spacial score (nSPS) is 21.6. The van der Waals surface area contributed by atoms with Crippen molar-refractivity contribution in [3.63, 3.8) is 0 Å². The molecule has 1 N–H and O–H groups in total. The molecule has 0 aliphatic carbocycles. The SMILES string of the molecule is CCCNCC1CCN(C(C)(C)c2nccs2)C1. The van der Waals surface area contributed by atoms with Crippen LogP contribution >= 0.6 is 11.3 Å². The number of nitrogens with one attached hydrogen (secondary N) is 1. The quantitative estimate of drug-likeness (QED) is 0.803. The molecule has 18 heavy (non-hydrogen) atoms. The van der Waals surface area contributed by atoms with Gasteiger partial charge in [0.25, 0.3) is 0 Å². The van der Waals surface area contributed by atoms with Gasteiger partial charge >= 0.3 is 0 Å². The van der Waals surface area contributed by atoms with E-state index in [4.69, 9.17) is 0 Å². The predicted molar refractivity (Wildman–Crippen MR) is 78.0 cm³/mol. The summed E-state index contributed by atoms with van der Waals surface area (Å²) in [6.07, 6.45) is 4.45. The molecule has 1 fully saturated rings. The van der Waals surface area contributed by atoms with Crippen molar-refractivity contribution in [1.82, 2.24) is 15.2 Å². The molecular weight excluding hydrogens is 242 g/mol. The van der Waals surface area contributed by atoms with Gasteiger partial charge in [0.1, 0.15) is 5.01 Å². The zero-order chi connectivity index (χ0) is 13.0. The summed E-state index contributed by atoms with van der Waals surface area (Å²) in [5, 5.41) is 6.86. The maximum absolute atomic E-state index is 4.49. The molecule has 4 heteroatoms. The van der Waals surface area contributed by atoms with E-state index in [0.717, 1.165) is 19.0 Å². The zero-order valence-electron chi connectivity index (χ0n) is 11.8. The van der Waals surface area contributed by atoms with Crippen LogP contribution in [0.25, 0.3) is 0 Å². The molecule has 1 aromatic rings. The van der Waals surface area contributed by atoms with E-state index < -0.39 is 0 Å². The van der Waals surface area contributed by atoms with Gasteiger partial charge in [-0.3, -0.25) is 4.90 Å². The summed E-state index contributed by atoms with van der Waals surface area (Å²) in [5.41, 5.74) is 0.0909. The summed E-state index contributed by atoms with van der Waals surface area (Å²) >= 11 is 1.77. The molecule has 0 bridgehead atoms. The van der Waals surface area contributed by atoms with E-state index in [2.05, 4.69) is 41.4 Å². The molecule has 1 aliphatic rings. The van der Waals surface area contributed by atoms with Crippen LogP contribution in [0.15, 0.2) is 11.6 Å². The average Bonchev–Trinajstić information content (AvgIpc) is 3.01. The average molecular weight is 267 g/mol. The second-order valence-electron chi connectivity index (χ2n) is 5.70. The van der Waals surface area contributed by atoms with Crippen molar-refractivity contribution in [2.45, 2.75) is 39.2 Å². The van der Waals surface area contributed by atoms with E-state index in [-0.39, 0.29) is 5.54 Å². The number of hydrogen-bond acceptors (Lipinski definition) is 4. The first-order valence-corrected chi connectivity index (χ1v) is 7.88. The van der Waals surface area contributed by atoms with Gasteiger partial charge in [-0.15, -0.1) is 11.3 Å². The topological polar surface area (TPSA) is 28.2 Å². The van der Waals surface area contributed by atoms with Crippen molar-refractivity contribution in [3.8, 4) is 0 Å². The molecule has 1 unspecified atom stereocenters. The van der Waals surface area contributed by atoms with E-state index in [1.165, 1.54) is 30.9 Å². The van der Waals surface area contributed by atoms with Crippen molar-refractivity contribution < 1.29 is 0 Å². The predicted octanol–water partition coefficient (Wildman–Crippen LogP) is 2.70. The van der Waals surface area contributed by atoms with Gasteiger partial charge in [-0.2, -0.15) is 0 Å². The number of aromatic nitrogens is 1. The van der Waals surface area contributed by atoms with Crippen molar-refractivity contribution in [2.24, 2.45) is 5.92 Å². The summed E-state index contributed by atoms with van der Waals surface area (Å²) < 4.78 is 0. The van der Waals surface area contributed by atoms with E-state index in [0.29, 0.717) is 0 Å². The molecule has 0 aromatic carbocycles. The third-order valence-corrected chi connectivity index (χ3v) is 4.98. The molecular formula is C14H25N3S. The molecule has 1 aromatic heterocycles. The monoisotopic (exact) mass is 267 g/mol. The van der Waals surface area contributed by atoms with Crippen molar-refractivity contribution >= 4 is 11.3 Å². The van der Waals surface area contributed by atoms with Gasteiger partial charge in [0.05, 0.1) is 5.54 Å². The zero-order valence-corrected chi connectivity index (χ0v) is 12.6. The first-order valence-electron chi connectivity index (χ1n) is 7.00. The standard InChI is InChI=1S/C14H25N3S/c1-4-6-15-10-12-5-8-17(11-12)14(2,3)13-16-7-9-18-13/h7,9,12,15H,4-6,8,10-11H2,1-3H3. The summed E-state index contributed by atoms with van der Waals surface area (Å²) in [5.74, 6) is 0.802. The third kappa shape index (κ3) is 3.11. The fraction of sp³-hybridized carbons (Fsp3) is 0.786. The molecule has 1 saturated heterocycles. The summed E-state index contributed by atoms with van der Waals surface area (Å²) in [6, 6.07) is 0. The van der Waals surface area contributed by atoms with Crippen molar-refractivity contribution in [1.29, 1.82) is 0 Å². The first-order chi connectivity index (χ1) is 8.64. The highest BCUT2D eigenvalue weighted by Crippen LogP contribution is 2.33. The maximum atomic E-state index is 4.49. The van der Waals surface area contributed by atoms with Crippen LogP contribution in [0, 0.1) is 5.92 Å². The molecule has 0 saturated carbocycles. The lowest BCUT2D eigenvalue weighted by atomic mass is 10.0. The summed E-state index contributed by atoms with van der Waals surface area (Å²) in [7, 11) is 0. The van der Waals surface area contributed by atoms with Gasteiger partial charge in [0.2, 0.25) is 0 Å². The highest BCUT2D eigenvalue weighted by molar-refractivity contribution is 7.09. The van der Waals surface area contributed by atoms with Gasteiger partial charge in [-0.1, -0.05) is 6.92 Å². The molecule has 0 radical (unpaired) electrons. The molecule has 1 atom stereocenters. The van der Waals surface area contributed by atoms with Crippen LogP contribution < -0.4 is 5.32 Å². The number of thiazole rings is 1. The highest BCUT2D eigenvalue weighted by atomic mass is 32.1. The summed E-state index contributed by atoms with van der Waals surface area (Å²) in [6.45, 7) is 11.5. The lowest BCUT2D eigenvalue weighted by Gasteiger charge is -2.33. The van der Waals surface area contributed by atoms with Crippen LogP contribution in [0.3, 0.4) is 0 Å². The lowest BCUT2D eigenvalue weighted by molar-refractivity contribution is 0.148. The second-order valence-corrected chi connectivity index (χ2v) is 6.60. The highest BCUT2D eigenvalue weighted by Gasteiger charge is 2.36. The summed E-state index contributed by atoms with van der Waals surface area (Å²) in [4.78, 5) is 7.08. The van der Waals surface area contributed by atoms with Gasteiger partial charge in [0, 0.05) is 18.1 Å². The van der Waals surface area contributed by atoms with Gasteiger partial charge in [-0.05, 0) is 52.2 Å². The van der Waals surface area contributed by atoms with Crippen molar-refractivity contribution in [3.05, 3.63) is 16.6 Å². The second kappa shape index (κ2) is 6.13. The Hall–Kier alpha value is -0.450. The number of likely N-dealkylation sites (tertiary alicyclic amines) is 1. The number of nitrogens with zero attached hydrogens (tertiary/aromatic N) is 2. The third-order valence-electron chi connectivity index (χ3n) is 3.89. The Kier molecular flexibility index (Phi) is 4.76. The minimum atomic E-state index is 0.0909. The fourth-order valence-electron chi connectivity index (χ4n) is 2.65.